The van der Waals surface area contributed by atoms with E-state index in [1.807, 2.05) is 51.1 Å². The lowest BCUT2D eigenvalue weighted by atomic mass is 10.1. The summed E-state index contributed by atoms with van der Waals surface area (Å²) in [7, 11) is 0. The summed E-state index contributed by atoms with van der Waals surface area (Å²) in [5.41, 5.74) is 1.02. The SMILES string of the molecule is CC(C)Oc1nc(Cl)nc(OC(C)c2ccccc2)n1. The van der Waals surface area contributed by atoms with Gasteiger partial charge in [0, 0.05) is 0 Å². The topological polar surface area (TPSA) is 57.1 Å². The molecule has 0 saturated heterocycles. The minimum Gasteiger partial charge on any atom is -0.461 e. The highest BCUT2D eigenvalue weighted by Gasteiger charge is 2.13. The van der Waals surface area contributed by atoms with Gasteiger partial charge in [0.05, 0.1) is 6.10 Å². The minimum atomic E-state index is -0.193. The van der Waals surface area contributed by atoms with E-state index >= 15 is 0 Å². The number of nitrogens with zero attached hydrogens (tertiary/aromatic N) is 3. The van der Waals surface area contributed by atoms with Gasteiger partial charge in [0.15, 0.2) is 0 Å². The molecule has 0 bridgehead atoms. The van der Waals surface area contributed by atoms with Gasteiger partial charge in [-0.1, -0.05) is 30.3 Å². The summed E-state index contributed by atoms with van der Waals surface area (Å²) < 4.78 is 11.1. The molecule has 0 aliphatic rings. The van der Waals surface area contributed by atoms with Gasteiger partial charge in [-0.15, -0.1) is 4.98 Å². The van der Waals surface area contributed by atoms with E-state index < -0.39 is 0 Å². The van der Waals surface area contributed by atoms with Crippen molar-refractivity contribution in [3.8, 4) is 12.0 Å². The second kappa shape index (κ2) is 6.52. The number of hydrogen-bond acceptors (Lipinski definition) is 5. The number of ether oxygens (including phenoxy) is 2. The first kappa shape index (κ1) is 14.5. The van der Waals surface area contributed by atoms with Gasteiger partial charge < -0.3 is 9.47 Å². The molecule has 0 radical (unpaired) electrons. The molecular formula is C14H16ClN3O2. The maximum Gasteiger partial charge on any atom is 0.324 e. The summed E-state index contributed by atoms with van der Waals surface area (Å²) in [6, 6.07) is 10.1. The number of hydrogen-bond donors (Lipinski definition) is 0. The Morgan fingerprint density at radius 3 is 2.10 bits per heavy atom. The fourth-order valence-electron chi connectivity index (χ4n) is 1.58. The molecule has 6 heteroatoms. The van der Waals surface area contributed by atoms with E-state index in [2.05, 4.69) is 15.0 Å². The minimum absolute atomic E-state index is 0.0471. The number of rotatable bonds is 5. The molecule has 5 nitrogen and oxygen atoms in total. The van der Waals surface area contributed by atoms with Crippen LogP contribution < -0.4 is 9.47 Å². The fraction of sp³-hybridized carbons (Fsp3) is 0.357. The van der Waals surface area contributed by atoms with Crippen LogP contribution in [-0.2, 0) is 0 Å². The Balaban J connectivity index is 2.14. The summed E-state index contributed by atoms with van der Waals surface area (Å²) >= 11 is 5.84. The Bertz CT molecular complexity index is 564. The van der Waals surface area contributed by atoms with Gasteiger partial charge >= 0.3 is 12.0 Å². The Morgan fingerprint density at radius 2 is 1.50 bits per heavy atom. The highest BCUT2D eigenvalue weighted by atomic mass is 35.5. The van der Waals surface area contributed by atoms with Gasteiger partial charge in [0.2, 0.25) is 5.28 Å². The lowest BCUT2D eigenvalue weighted by Crippen LogP contribution is -2.11. The molecule has 1 aromatic carbocycles. The van der Waals surface area contributed by atoms with Crippen molar-refractivity contribution < 1.29 is 9.47 Å². The quantitative estimate of drug-likeness (QED) is 0.845. The third-order valence-electron chi connectivity index (χ3n) is 2.46. The van der Waals surface area contributed by atoms with E-state index in [0.29, 0.717) is 0 Å². The predicted octanol–water partition coefficient (Wildman–Crippen LogP) is 3.45. The number of halogens is 1. The molecule has 0 fully saturated rings. The van der Waals surface area contributed by atoms with E-state index in [1.165, 1.54) is 0 Å². The lowest BCUT2D eigenvalue weighted by molar-refractivity contribution is 0.188. The molecule has 106 valence electrons. The molecule has 2 aromatic rings. The summed E-state index contributed by atoms with van der Waals surface area (Å²) in [6.07, 6.45) is -0.241. The zero-order chi connectivity index (χ0) is 14.5. The molecule has 0 aliphatic heterocycles. The molecule has 0 saturated carbocycles. The molecule has 0 aliphatic carbocycles. The first-order valence-electron chi connectivity index (χ1n) is 6.34. The molecule has 0 spiro atoms. The fourth-order valence-corrected chi connectivity index (χ4v) is 1.73. The van der Waals surface area contributed by atoms with Gasteiger partial charge in [-0.3, -0.25) is 0 Å². The lowest BCUT2D eigenvalue weighted by Gasteiger charge is -2.14. The van der Waals surface area contributed by atoms with Gasteiger partial charge in [-0.05, 0) is 37.9 Å². The molecule has 0 amide bonds. The van der Waals surface area contributed by atoms with Gasteiger partial charge in [-0.2, -0.15) is 9.97 Å². The van der Waals surface area contributed by atoms with Crippen LogP contribution in [0, 0.1) is 0 Å². The Morgan fingerprint density at radius 1 is 0.900 bits per heavy atom. The monoisotopic (exact) mass is 293 g/mol. The van der Waals surface area contributed by atoms with Crippen molar-refractivity contribution in [2.24, 2.45) is 0 Å². The van der Waals surface area contributed by atoms with Crippen LogP contribution in [-0.4, -0.2) is 21.1 Å². The maximum atomic E-state index is 5.84. The van der Waals surface area contributed by atoms with Crippen LogP contribution in [0.4, 0.5) is 0 Å². The molecule has 0 N–H and O–H groups in total. The summed E-state index contributed by atoms with van der Waals surface area (Å²) in [5, 5.41) is 0.0471. The van der Waals surface area contributed by atoms with Crippen molar-refractivity contribution in [2.75, 3.05) is 0 Å². The van der Waals surface area contributed by atoms with Gasteiger partial charge in [0.25, 0.3) is 0 Å². The second-order valence-corrected chi connectivity index (χ2v) is 4.85. The first-order valence-corrected chi connectivity index (χ1v) is 6.72. The van der Waals surface area contributed by atoms with Crippen LogP contribution in [0.15, 0.2) is 30.3 Å². The highest BCUT2D eigenvalue weighted by Crippen LogP contribution is 2.21. The van der Waals surface area contributed by atoms with E-state index in [1.54, 1.807) is 0 Å². The van der Waals surface area contributed by atoms with Crippen LogP contribution in [0.2, 0.25) is 5.28 Å². The predicted molar refractivity (Wildman–Crippen MR) is 76.1 cm³/mol. The molecule has 1 aromatic heterocycles. The summed E-state index contributed by atoms with van der Waals surface area (Å²) in [5.74, 6) is 0. The third-order valence-corrected chi connectivity index (χ3v) is 2.63. The summed E-state index contributed by atoms with van der Waals surface area (Å²) in [4.78, 5) is 11.9. The Hall–Kier alpha value is -1.88. The first-order chi connectivity index (χ1) is 9.54. The van der Waals surface area contributed by atoms with E-state index in [9.17, 15) is 0 Å². The van der Waals surface area contributed by atoms with Crippen LogP contribution in [0.5, 0.6) is 12.0 Å². The maximum absolute atomic E-state index is 5.84. The van der Waals surface area contributed by atoms with E-state index in [-0.39, 0.29) is 29.5 Å². The van der Waals surface area contributed by atoms with Crippen molar-refractivity contribution in [3.05, 3.63) is 41.2 Å². The van der Waals surface area contributed by atoms with Crippen LogP contribution in [0.1, 0.15) is 32.4 Å². The molecule has 20 heavy (non-hydrogen) atoms. The molecule has 1 atom stereocenters. The van der Waals surface area contributed by atoms with Crippen LogP contribution in [0.25, 0.3) is 0 Å². The van der Waals surface area contributed by atoms with Crippen molar-refractivity contribution >= 4 is 11.6 Å². The Kier molecular flexibility index (Phi) is 4.74. The van der Waals surface area contributed by atoms with E-state index in [0.717, 1.165) is 5.56 Å². The molecule has 1 heterocycles. The largest absolute Gasteiger partial charge is 0.461 e. The van der Waals surface area contributed by atoms with Crippen molar-refractivity contribution in [3.63, 3.8) is 0 Å². The average molecular weight is 294 g/mol. The van der Waals surface area contributed by atoms with Crippen molar-refractivity contribution in [2.45, 2.75) is 33.0 Å². The zero-order valence-electron chi connectivity index (χ0n) is 11.6. The normalized spacial score (nSPS) is 12.2. The zero-order valence-corrected chi connectivity index (χ0v) is 12.3. The van der Waals surface area contributed by atoms with E-state index in [4.69, 9.17) is 21.1 Å². The van der Waals surface area contributed by atoms with Gasteiger partial charge in [0.1, 0.15) is 6.10 Å². The molecular weight excluding hydrogens is 278 g/mol. The standard InChI is InChI=1S/C14H16ClN3O2/c1-9(2)19-13-16-12(15)17-14(18-13)20-10(3)11-7-5-4-6-8-11/h4-10H,1-3H3. The Labute approximate surface area is 123 Å². The molecule has 1 unspecified atom stereocenters. The summed E-state index contributed by atoms with van der Waals surface area (Å²) in [6.45, 7) is 5.67. The average Bonchev–Trinajstić information content (AvgIpc) is 2.38. The number of aromatic nitrogens is 3. The van der Waals surface area contributed by atoms with Crippen molar-refractivity contribution in [1.82, 2.24) is 15.0 Å². The van der Waals surface area contributed by atoms with Crippen LogP contribution >= 0.6 is 11.6 Å². The van der Waals surface area contributed by atoms with Gasteiger partial charge in [-0.25, -0.2) is 0 Å². The highest BCUT2D eigenvalue weighted by molar-refractivity contribution is 6.28. The third kappa shape index (κ3) is 4.06. The molecule has 2 rings (SSSR count). The second-order valence-electron chi connectivity index (χ2n) is 4.51. The number of benzene rings is 1. The van der Waals surface area contributed by atoms with Crippen molar-refractivity contribution in [1.29, 1.82) is 0 Å². The van der Waals surface area contributed by atoms with Crippen LogP contribution in [0.3, 0.4) is 0 Å². The smallest absolute Gasteiger partial charge is 0.324 e.